The number of carboxylic acids is 1. The van der Waals surface area contributed by atoms with E-state index in [4.69, 9.17) is 9.84 Å². The van der Waals surface area contributed by atoms with Gasteiger partial charge in [0.25, 0.3) is 5.91 Å². The van der Waals surface area contributed by atoms with Crippen LogP contribution in [0.1, 0.15) is 25.8 Å². The number of ether oxygens (including phenoxy) is 1. The summed E-state index contributed by atoms with van der Waals surface area (Å²) < 4.78 is 5.67. The number of nitrogens with zero attached hydrogens (tertiary/aromatic N) is 1. The molecule has 108 valence electrons. The topological polar surface area (TPSA) is 66.8 Å². The molecule has 0 saturated heterocycles. The molecule has 0 aliphatic carbocycles. The molecule has 0 radical (unpaired) electrons. The molecule has 1 aromatic rings. The molecule has 5 nitrogen and oxygen atoms in total. The smallest absolute Gasteiger partial charge is 0.305 e. The van der Waals surface area contributed by atoms with Crippen molar-refractivity contribution in [2.75, 3.05) is 6.54 Å². The second-order valence-electron chi connectivity index (χ2n) is 4.99. The van der Waals surface area contributed by atoms with Crippen molar-refractivity contribution in [1.29, 1.82) is 0 Å². The number of aliphatic carboxylic acids is 1. The van der Waals surface area contributed by atoms with Crippen molar-refractivity contribution in [2.24, 2.45) is 0 Å². The van der Waals surface area contributed by atoms with Gasteiger partial charge in [0.2, 0.25) is 0 Å². The summed E-state index contributed by atoms with van der Waals surface area (Å²) in [6, 6.07) is 7.24. The fraction of sp³-hybridized carbons (Fsp3) is 0.467. The van der Waals surface area contributed by atoms with Gasteiger partial charge in [-0.3, -0.25) is 9.59 Å². The first-order chi connectivity index (χ1) is 9.52. The van der Waals surface area contributed by atoms with Crippen LogP contribution in [-0.2, 0) is 16.0 Å². The molecule has 0 spiro atoms. The zero-order valence-electron chi connectivity index (χ0n) is 11.7. The van der Waals surface area contributed by atoms with E-state index in [9.17, 15) is 9.59 Å². The van der Waals surface area contributed by atoms with Crippen molar-refractivity contribution >= 4 is 11.9 Å². The van der Waals surface area contributed by atoms with Crippen LogP contribution in [0.2, 0.25) is 0 Å². The second-order valence-corrected chi connectivity index (χ2v) is 4.99. The number of hydrogen-bond acceptors (Lipinski definition) is 3. The van der Waals surface area contributed by atoms with E-state index in [1.165, 1.54) is 0 Å². The fourth-order valence-corrected chi connectivity index (χ4v) is 2.55. The van der Waals surface area contributed by atoms with Gasteiger partial charge in [-0.15, -0.1) is 0 Å². The average molecular weight is 277 g/mol. The summed E-state index contributed by atoms with van der Waals surface area (Å²) in [6.45, 7) is 4.07. The van der Waals surface area contributed by atoms with E-state index < -0.39 is 12.1 Å². The van der Waals surface area contributed by atoms with Crippen LogP contribution in [0.4, 0.5) is 0 Å². The molecule has 1 N–H and O–H groups in total. The van der Waals surface area contributed by atoms with E-state index in [2.05, 4.69) is 0 Å². The van der Waals surface area contributed by atoms with Crippen LogP contribution < -0.4 is 4.74 Å². The Labute approximate surface area is 118 Å². The van der Waals surface area contributed by atoms with Gasteiger partial charge in [0.05, 0.1) is 6.42 Å². The molecule has 0 saturated carbocycles. The molecule has 0 fully saturated rings. The summed E-state index contributed by atoms with van der Waals surface area (Å²) in [4.78, 5) is 24.8. The van der Waals surface area contributed by atoms with Crippen molar-refractivity contribution in [3.8, 4) is 5.75 Å². The number of hydrogen-bond donors (Lipinski definition) is 1. The quantitative estimate of drug-likeness (QED) is 0.889. The van der Waals surface area contributed by atoms with Crippen molar-refractivity contribution in [3.05, 3.63) is 29.8 Å². The molecule has 1 aromatic carbocycles. The molecule has 2 atom stereocenters. The van der Waals surface area contributed by atoms with Gasteiger partial charge in [-0.1, -0.05) is 18.2 Å². The van der Waals surface area contributed by atoms with Gasteiger partial charge in [0.1, 0.15) is 5.75 Å². The third-order valence-electron chi connectivity index (χ3n) is 3.55. The van der Waals surface area contributed by atoms with Gasteiger partial charge in [0.15, 0.2) is 6.10 Å². The first-order valence-electron chi connectivity index (χ1n) is 6.79. The molecular weight excluding hydrogens is 258 g/mol. The standard InChI is InChI=1S/C15H19NO4/c1-3-16(10(2)8-14(17)18)15(19)13-9-11-6-4-5-7-12(11)20-13/h4-7,10,13H,3,8-9H2,1-2H3,(H,17,18). The van der Waals surface area contributed by atoms with Crippen LogP contribution in [-0.4, -0.2) is 40.6 Å². The number of rotatable bonds is 5. The van der Waals surface area contributed by atoms with Gasteiger partial charge >= 0.3 is 5.97 Å². The van der Waals surface area contributed by atoms with Gasteiger partial charge < -0.3 is 14.7 Å². The molecule has 0 aromatic heterocycles. The average Bonchev–Trinajstić information content (AvgIpc) is 2.82. The van der Waals surface area contributed by atoms with Crippen LogP contribution in [0.5, 0.6) is 5.75 Å². The summed E-state index contributed by atoms with van der Waals surface area (Å²) in [5.41, 5.74) is 1.02. The Morgan fingerprint density at radius 3 is 2.75 bits per heavy atom. The van der Waals surface area contributed by atoms with Crippen LogP contribution >= 0.6 is 0 Å². The predicted octanol–water partition coefficient (Wildman–Crippen LogP) is 1.70. The van der Waals surface area contributed by atoms with Crippen molar-refractivity contribution < 1.29 is 19.4 Å². The number of fused-ring (bicyclic) bond motifs is 1. The van der Waals surface area contributed by atoms with E-state index in [1.807, 2.05) is 31.2 Å². The Balaban J connectivity index is 2.06. The summed E-state index contributed by atoms with van der Waals surface area (Å²) in [5, 5.41) is 8.85. The number of carbonyl (C=O) groups excluding carboxylic acids is 1. The van der Waals surface area contributed by atoms with Crippen molar-refractivity contribution in [2.45, 2.75) is 38.8 Å². The van der Waals surface area contributed by atoms with E-state index in [0.717, 1.165) is 11.3 Å². The fourth-order valence-electron chi connectivity index (χ4n) is 2.55. The summed E-state index contributed by atoms with van der Waals surface area (Å²) in [6.07, 6.45) is -0.0477. The highest BCUT2D eigenvalue weighted by Gasteiger charge is 2.33. The lowest BCUT2D eigenvalue weighted by molar-refractivity contribution is -0.143. The van der Waals surface area contributed by atoms with E-state index in [-0.39, 0.29) is 18.4 Å². The summed E-state index contributed by atoms with van der Waals surface area (Å²) in [5.74, 6) is -0.301. The van der Waals surface area contributed by atoms with Crippen molar-refractivity contribution in [1.82, 2.24) is 4.90 Å². The number of carboxylic acid groups (broad SMARTS) is 1. The number of carbonyl (C=O) groups is 2. The zero-order valence-corrected chi connectivity index (χ0v) is 11.7. The van der Waals surface area contributed by atoms with Crippen LogP contribution in [0.15, 0.2) is 24.3 Å². The number of benzene rings is 1. The molecule has 1 amide bonds. The summed E-state index contributed by atoms with van der Waals surface area (Å²) >= 11 is 0. The molecule has 1 heterocycles. The maximum absolute atomic E-state index is 12.5. The third kappa shape index (κ3) is 2.92. The first-order valence-corrected chi connectivity index (χ1v) is 6.79. The Bertz CT molecular complexity index is 489. The Morgan fingerprint density at radius 1 is 1.45 bits per heavy atom. The SMILES string of the molecule is CCN(C(=O)C1Cc2ccccc2O1)C(C)CC(=O)O. The minimum absolute atomic E-state index is 0.0563. The van der Waals surface area contributed by atoms with Gasteiger partial charge in [-0.2, -0.15) is 0 Å². The third-order valence-corrected chi connectivity index (χ3v) is 3.55. The normalized spacial score (nSPS) is 18.0. The second kappa shape index (κ2) is 5.94. The molecule has 2 unspecified atom stereocenters. The Morgan fingerprint density at radius 2 is 2.15 bits per heavy atom. The monoisotopic (exact) mass is 277 g/mol. The highest BCUT2D eigenvalue weighted by Crippen LogP contribution is 2.29. The molecular formula is C15H19NO4. The predicted molar refractivity (Wildman–Crippen MR) is 73.7 cm³/mol. The lowest BCUT2D eigenvalue weighted by atomic mass is 10.1. The van der Waals surface area contributed by atoms with Crippen LogP contribution in [0.3, 0.4) is 0 Å². The molecule has 20 heavy (non-hydrogen) atoms. The molecule has 1 aliphatic rings. The maximum atomic E-state index is 12.5. The molecule has 0 bridgehead atoms. The number of amides is 1. The van der Waals surface area contributed by atoms with Gasteiger partial charge in [0, 0.05) is 19.0 Å². The minimum atomic E-state index is -0.903. The Hall–Kier alpha value is -2.04. The van der Waals surface area contributed by atoms with Gasteiger partial charge in [-0.05, 0) is 25.5 Å². The molecule has 1 aliphatic heterocycles. The van der Waals surface area contributed by atoms with E-state index in [1.54, 1.807) is 11.8 Å². The molecule has 2 rings (SSSR count). The van der Waals surface area contributed by atoms with Crippen LogP contribution in [0.25, 0.3) is 0 Å². The Kier molecular flexibility index (Phi) is 4.27. The highest BCUT2D eigenvalue weighted by molar-refractivity contribution is 5.83. The van der Waals surface area contributed by atoms with Crippen LogP contribution in [0, 0.1) is 0 Å². The minimum Gasteiger partial charge on any atom is -0.481 e. The lowest BCUT2D eigenvalue weighted by Gasteiger charge is -2.29. The maximum Gasteiger partial charge on any atom is 0.305 e. The largest absolute Gasteiger partial charge is 0.481 e. The lowest BCUT2D eigenvalue weighted by Crippen LogP contribution is -2.46. The van der Waals surface area contributed by atoms with E-state index in [0.29, 0.717) is 13.0 Å². The van der Waals surface area contributed by atoms with Gasteiger partial charge in [-0.25, -0.2) is 0 Å². The zero-order chi connectivity index (χ0) is 14.7. The summed E-state index contributed by atoms with van der Waals surface area (Å²) in [7, 11) is 0. The first kappa shape index (κ1) is 14.4. The van der Waals surface area contributed by atoms with E-state index >= 15 is 0 Å². The highest BCUT2D eigenvalue weighted by atomic mass is 16.5. The van der Waals surface area contributed by atoms with Crippen molar-refractivity contribution in [3.63, 3.8) is 0 Å². The molecule has 5 heteroatoms. The number of para-hydroxylation sites is 1. The number of likely N-dealkylation sites (N-methyl/N-ethyl adjacent to an activating group) is 1.